The summed E-state index contributed by atoms with van der Waals surface area (Å²) in [5, 5.41) is 3.27. The third-order valence-electron chi connectivity index (χ3n) is 4.21. The van der Waals surface area contributed by atoms with E-state index in [9.17, 15) is 8.42 Å². The normalized spacial score (nSPS) is 16.4. The van der Waals surface area contributed by atoms with E-state index < -0.39 is 16.2 Å². The quantitative estimate of drug-likeness (QED) is 0.781. The summed E-state index contributed by atoms with van der Waals surface area (Å²) in [6, 6.07) is 19.8. The van der Waals surface area contributed by atoms with Gasteiger partial charge in [0.05, 0.1) is 22.0 Å². The van der Waals surface area contributed by atoms with Crippen molar-refractivity contribution in [3.8, 4) is 0 Å². The zero-order chi connectivity index (χ0) is 17.4. The fourth-order valence-corrected chi connectivity index (χ4v) is 4.52. The number of hydrogen-bond acceptors (Lipinski definition) is 4. The van der Waals surface area contributed by atoms with Gasteiger partial charge in [-0.2, -0.15) is 0 Å². The third kappa shape index (κ3) is 2.64. The van der Waals surface area contributed by atoms with Crippen molar-refractivity contribution in [3.05, 3.63) is 84.2 Å². The molecule has 1 N–H and O–H groups in total. The zero-order valence-corrected chi connectivity index (χ0v) is 14.4. The zero-order valence-electron chi connectivity index (χ0n) is 13.6. The molecule has 0 saturated carbocycles. The number of benzene rings is 2. The first kappa shape index (κ1) is 15.7. The summed E-state index contributed by atoms with van der Waals surface area (Å²) < 4.78 is 28.1. The van der Waals surface area contributed by atoms with Crippen LogP contribution in [0.15, 0.2) is 77.8 Å². The van der Waals surface area contributed by atoms with Crippen molar-refractivity contribution in [3.63, 3.8) is 0 Å². The molecule has 3 aromatic rings. The van der Waals surface area contributed by atoms with E-state index >= 15 is 0 Å². The Labute approximate surface area is 147 Å². The standard InChI is InChI=1S/C19H17N3O2S/c1-14-9-11-15(12-10-14)25(23,24)22-18-8-3-2-6-16(18)21-19(22)17-7-4-5-13-20-17/h2-13,19,21H,1H3. The average molecular weight is 351 g/mol. The molecule has 0 saturated heterocycles. The van der Waals surface area contributed by atoms with Gasteiger partial charge in [0.2, 0.25) is 0 Å². The number of aryl methyl sites for hydroxylation is 1. The van der Waals surface area contributed by atoms with Crippen LogP contribution < -0.4 is 9.62 Å². The summed E-state index contributed by atoms with van der Waals surface area (Å²) in [5.41, 5.74) is 3.06. The van der Waals surface area contributed by atoms with E-state index in [4.69, 9.17) is 0 Å². The Morgan fingerprint density at radius 1 is 0.960 bits per heavy atom. The third-order valence-corrected chi connectivity index (χ3v) is 6.01. The number of nitrogens with one attached hydrogen (secondary N) is 1. The van der Waals surface area contributed by atoms with Crippen molar-refractivity contribution in [2.24, 2.45) is 0 Å². The fraction of sp³-hybridized carbons (Fsp3) is 0.105. The smallest absolute Gasteiger partial charge is 0.266 e. The van der Waals surface area contributed by atoms with Gasteiger partial charge in [-0.1, -0.05) is 35.9 Å². The largest absolute Gasteiger partial charge is 0.358 e. The molecule has 2 aromatic carbocycles. The predicted molar refractivity (Wildman–Crippen MR) is 97.9 cm³/mol. The van der Waals surface area contributed by atoms with E-state index in [2.05, 4.69) is 10.3 Å². The van der Waals surface area contributed by atoms with Gasteiger partial charge in [-0.15, -0.1) is 0 Å². The number of sulfonamides is 1. The Morgan fingerprint density at radius 3 is 2.40 bits per heavy atom. The number of para-hydroxylation sites is 2. The number of aromatic nitrogens is 1. The first-order valence-electron chi connectivity index (χ1n) is 7.95. The lowest BCUT2D eigenvalue weighted by molar-refractivity contribution is 0.585. The molecule has 1 unspecified atom stereocenters. The summed E-state index contributed by atoms with van der Waals surface area (Å²) in [7, 11) is -3.74. The van der Waals surface area contributed by atoms with Gasteiger partial charge < -0.3 is 5.32 Å². The first-order valence-corrected chi connectivity index (χ1v) is 9.39. The van der Waals surface area contributed by atoms with Gasteiger partial charge in [0.15, 0.2) is 6.17 Å². The Balaban J connectivity index is 1.87. The van der Waals surface area contributed by atoms with Crippen LogP contribution in [-0.4, -0.2) is 13.4 Å². The van der Waals surface area contributed by atoms with Crippen LogP contribution in [0.1, 0.15) is 17.4 Å². The molecule has 2 heterocycles. The van der Waals surface area contributed by atoms with Crippen LogP contribution in [-0.2, 0) is 10.0 Å². The molecule has 1 aliphatic heterocycles. The number of pyridine rings is 1. The number of anilines is 2. The van der Waals surface area contributed by atoms with Crippen LogP contribution in [0.2, 0.25) is 0 Å². The average Bonchev–Trinajstić information content (AvgIpc) is 3.03. The highest BCUT2D eigenvalue weighted by molar-refractivity contribution is 7.92. The van der Waals surface area contributed by atoms with E-state index in [-0.39, 0.29) is 4.90 Å². The molecule has 1 atom stereocenters. The van der Waals surface area contributed by atoms with Crippen molar-refractivity contribution in [2.75, 3.05) is 9.62 Å². The monoisotopic (exact) mass is 351 g/mol. The van der Waals surface area contributed by atoms with Crippen LogP contribution in [0, 0.1) is 6.92 Å². The highest BCUT2D eigenvalue weighted by Crippen LogP contribution is 2.43. The lowest BCUT2D eigenvalue weighted by Gasteiger charge is -2.26. The van der Waals surface area contributed by atoms with Crippen LogP contribution in [0.3, 0.4) is 0 Å². The van der Waals surface area contributed by atoms with Gasteiger partial charge in [0.25, 0.3) is 10.0 Å². The van der Waals surface area contributed by atoms with E-state index in [0.29, 0.717) is 11.4 Å². The number of nitrogens with zero attached hydrogens (tertiary/aromatic N) is 2. The lowest BCUT2D eigenvalue weighted by Crippen LogP contribution is -2.34. The number of rotatable bonds is 3. The van der Waals surface area contributed by atoms with Gasteiger partial charge in [-0.05, 0) is 43.3 Å². The second-order valence-electron chi connectivity index (χ2n) is 5.93. The fourth-order valence-electron chi connectivity index (χ4n) is 2.96. The van der Waals surface area contributed by atoms with Gasteiger partial charge in [0, 0.05) is 6.20 Å². The Morgan fingerprint density at radius 2 is 1.68 bits per heavy atom. The van der Waals surface area contributed by atoms with E-state index in [1.54, 1.807) is 36.5 Å². The number of fused-ring (bicyclic) bond motifs is 1. The molecule has 1 aliphatic rings. The molecule has 0 fully saturated rings. The van der Waals surface area contributed by atoms with Crippen molar-refractivity contribution in [2.45, 2.75) is 18.0 Å². The summed E-state index contributed by atoms with van der Waals surface area (Å²) in [5.74, 6) is 0. The van der Waals surface area contributed by atoms with Gasteiger partial charge in [-0.25, -0.2) is 12.7 Å². The van der Waals surface area contributed by atoms with Crippen molar-refractivity contribution >= 4 is 21.4 Å². The minimum absolute atomic E-state index is 0.262. The maximum Gasteiger partial charge on any atom is 0.266 e. The summed E-state index contributed by atoms with van der Waals surface area (Å²) >= 11 is 0. The lowest BCUT2D eigenvalue weighted by atomic mass is 10.2. The second kappa shape index (κ2) is 5.89. The molecule has 0 spiro atoms. The first-order chi connectivity index (χ1) is 12.1. The summed E-state index contributed by atoms with van der Waals surface area (Å²) in [6.07, 6.45) is 1.08. The molecular formula is C19H17N3O2S. The Bertz CT molecular complexity index is 1000. The molecule has 25 heavy (non-hydrogen) atoms. The number of hydrogen-bond donors (Lipinski definition) is 1. The molecule has 0 aliphatic carbocycles. The van der Waals surface area contributed by atoms with Crippen molar-refractivity contribution in [1.29, 1.82) is 0 Å². The minimum Gasteiger partial charge on any atom is -0.358 e. The van der Waals surface area contributed by atoms with Crippen LogP contribution in [0.4, 0.5) is 11.4 Å². The van der Waals surface area contributed by atoms with Crippen LogP contribution in [0.25, 0.3) is 0 Å². The van der Waals surface area contributed by atoms with E-state index in [1.165, 1.54) is 4.31 Å². The van der Waals surface area contributed by atoms with Crippen LogP contribution in [0.5, 0.6) is 0 Å². The SMILES string of the molecule is Cc1ccc(S(=O)(=O)N2c3ccccc3NC2c2ccccn2)cc1. The molecule has 1 aromatic heterocycles. The maximum atomic E-state index is 13.4. The Kier molecular flexibility index (Phi) is 3.69. The van der Waals surface area contributed by atoms with Gasteiger partial charge in [0.1, 0.15) is 0 Å². The molecule has 126 valence electrons. The summed E-state index contributed by atoms with van der Waals surface area (Å²) in [4.78, 5) is 4.61. The summed E-state index contributed by atoms with van der Waals surface area (Å²) in [6.45, 7) is 1.93. The van der Waals surface area contributed by atoms with Crippen LogP contribution >= 0.6 is 0 Å². The highest BCUT2D eigenvalue weighted by Gasteiger charge is 2.39. The minimum atomic E-state index is -3.74. The van der Waals surface area contributed by atoms with Crippen molar-refractivity contribution in [1.82, 2.24) is 4.98 Å². The molecule has 0 bridgehead atoms. The van der Waals surface area contributed by atoms with E-state index in [0.717, 1.165) is 11.3 Å². The van der Waals surface area contributed by atoms with Crippen molar-refractivity contribution < 1.29 is 8.42 Å². The predicted octanol–water partition coefficient (Wildman–Crippen LogP) is 3.71. The van der Waals surface area contributed by atoms with Gasteiger partial charge in [-0.3, -0.25) is 4.98 Å². The highest BCUT2D eigenvalue weighted by atomic mass is 32.2. The van der Waals surface area contributed by atoms with Gasteiger partial charge >= 0.3 is 0 Å². The Hall–Kier alpha value is -2.86. The maximum absolute atomic E-state index is 13.4. The molecule has 5 nitrogen and oxygen atoms in total. The van der Waals surface area contributed by atoms with E-state index in [1.807, 2.05) is 43.3 Å². The molecule has 4 rings (SSSR count). The second-order valence-corrected chi connectivity index (χ2v) is 7.75. The molecule has 6 heteroatoms. The topological polar surface area (TPSA) is 62.3 Å². The molecular weight excluding hydrogens is 334 g/mol. The molecule has 0 amide bonds. The molecule has 0 radical (unpaired) electrons.